The molecule has 1 aromatic rings. The first kappa shape index (κ1) is 14.5. The molecule has 0 radical (unpaired) electrons. The summed E-state index contributed by atoms with van der Waals surface area (Å²) < 4.78 is 0. The van der Waals surface area contributed by atoms with Crippen molar-refractivity contribution in [3.8, 4) is 0 Å². The van der Waals surface area contributed by atoms with Gasteiger partial charge in [0.25, 0.3) is 0 Å². The lowest BCUT2D eigenvalue weighted by Gasteiger charge is -2.23. The third-order valence-corrected chi connectivity index (χ3v) is 6.12. The average Bonchev–Trinajstić information content (AvgIpc) is 3.25. The van der Waals surface area contributed by atoms with E-state index in [2.05, 4.69) is 34.9 Å². The number of rotatable bonds is 2. The molecule has 126 valence electrons. The Kier molecular flexibility index (Phi) is 3.57. The van der Waals surface area contributed by atoms with Crippen LogP contribution in [0.15, 0.2) is 34.3 Å². The molecule has 4 unspecified atom stereocenters. The number of benzene rings is 1. The Hall–Kier alpha value is -1.84. The van der Waals surface area contributed by atoms with Gasteiger partial charge in [-0.15, -0.1) is 0 Å². The molecule has 2 fully saturated rings. The number of hydrogen-bond acceptors (Lipinski definition) is 4. The summed E-state index contributed by atoms with van der Waals surface area (Å²) in [7, 11) is 0. The number of nitrogens with one attached hydrogen (secondary N) is 2. The van der Waals surface area contributed by atoms with Crippen molar-refractivity contribution in [2.24, 2.45) is 9.98 Å². The van der Waals surface area contributed by atoms with E-state index >= 15 is 0 Å². The summed E-state index contributed by atoms with van der Waals surface area (Å²) in [5.74, 6) is 2.18. The number of aliphatic imine (C=N–C) groups is 2. The van der Waals surface area contributed by atoms with Gasteiger partial charge in [-0.3, -0.25) is 9.98 Å². The fourth-order valence-electron chi connectivity index (χ4n) is 4.73. The Balaban J connectivity index is 1.33. The summed E-state index contributed by atoms with van der Waals surface area (Å²) in [5, 5.41) is 7.29. The first-order chi connectivity index (χ1) is 11.9. The van der Waals surface area contributed by atoms with Crippen LogP contribution in [0.2, 0.25) is 0 Å². The van der Waals surface area contributed by atoms with Gasteiger partial charge in [0.15, 0.2) is 0 Å². The van der Waals surface area contributed by atoms with Crippen molar-refractivity contribution in [1.29, 1.82) is 0 Å². The molecular weight excluding hydrogens is 296 g/mol. The minimum absolute atomic E-state index is 0.498. The van der Waals surface area contributed by atoms with Crippen LogP contribution in [0.5, 0.6) is 0 Å². The summed E-state index contributed by atoms with van der Waals surface area (Å²) in [4.78, 5) is 9.85. The second-order valence-corrected chi connectivity index (χ2v) is 7.74. The van der Waals surface area contributed by atoms with Crippen LogP contribution in [0.25, 0.3) is 0 Å². The molecule has 0 aromatic heterocycles. The third kappa shape index (κ3) is 2.52. The fraction of sp³-hybridized carbons (Fsp3) is 0.600. The highest BCUT2D eigenvalue weighted by Crippen LogP contribution is 2.27. The van der Waals surface area contributed by atoms with Crippen LogP contribution < -0.4 is 10.6 Å². The van der Waals surface area contributed by atoms with Gasteiger partial charge in [0.2, 0.25) is 0 Å². The lowest BCUT2D eigenvalue weighted by Crippen LogP contribution is -2.37. The zero-order valence-corrected chi connectivity index (χ0v) is 14.2. The summed E-state index contributed by atoms with van der Waals surface area (Å²) >= 11 is 0. The Morgan fingerprint density at radius 3 is 1.46 bits per heavy atom. The van der Waals surface area contributed by atoms with Crippen LogP contribution in [0.3, 0.4) is 0 Å². The number of amidine groups is 2. The highest BCUT2D eigenvalue weighted by Gasteiger charge is 2.32. The van der Waals surface area contributed by atoms with Gasteiger partial charge in [-0.05, 0) is 25.7 Å². The molecule has 0 bridgehead atoms. The smallest absolute Gasteiger partial charge is 0.128 e. The average molecular weight is 322 g/mol. The third-order valence-electron chi connectivity index (χ3n) is 6.12. The molecule has 1 aromatic carbocycles. The van der Waals surface area contributed by atoms with Crippen molar-refractivity contribution in [3.05, 3.63) is 35.4 Å². The van der Waals surface area contributed by atoms with Crippen LogP contribution in [-0.2, 0) is 0 Å². The maximum absolute atomic E-state index is 4.93. The minimum Gasteiger partial charge on any atom is -0.365 e. The highest BCUT2D eigenvalue weighted by molar-refractivity contribution is 6.03. The monoisotopic (exact) mass is 322 g/mol. The van der Waals surface area contributed by atoms with E-state index < -0.39 is 0 Å². The van der Waals surface area contributed by atoms with E-state index in [-0.39, 0.29) is 0 Å². The summed E-state index contributed by atoms with van der Waals surface area (Å²) in [6, 6.07) is 10.9. The lowest BCUT2D eigenvalue weighted by molar-refractivity contribution is 0.385. The Morgan fingerprint density at radius 1 is 0.625 bits per heavy atom. The van der Waals surface area contributed by atoms with Crippen molar-refractivity contribution in [2.75, 3.05) is 0 Å². The summed E-state index contributed by atoms with van der Waals surface area (Å²) in [6.07, 6.45) is 10.3. The van der Waals surface area contributed by atoms with Crippen LogP contribution in [-0.4, -0.2) is 35.8 Å². The molecule has 2 aliphatic heterocycles. The van der Waals surface area contributed by atoms with Crippen LogP contribution >= 0.6 is 0 Å². The van der Waals surface area contributed by atoms with Gasteiger partial charge < -0.3 is 10.6 Å². The van der Waals surface area contributed by atoms with Gasteiger partial charge in [0, 0.05) is 23.2 Å². The van der Waals surface area contributed by atoms with Crippen LogP contribution in [0.1, 0.15) is 62.5 Å². The quantitative estimate of drug-likeness (QED) is 0.879. The molecule has 2 aliphatic carbocycles. The predicted molar refractivity (Wildman–Crippen MR) is 97.9 cm³/mol. The van der Waals surface area contributed by atoms with E-state index in [1.165, 1.54) is 62.5 Å². The van der Waals surface area contributed by atoms with Gasteiger partial charge in [0.05, 0.1) is 12.1 Å². The summed E-state index contributed by atoms with van der Waals surface area (Å²) in [5.41, 5.74) is 2.42. The number of hydrogen-bond donors (Lipinski definition) is 2. The molecule has 24 heavy (non-hydrogen) atoms. The van der Waals surface area contributed by atoms with E-state index in [9.17, 15) is 0 Å². The standard InChI is InChI=1S/C20H26N4/c1-2-6-16-15(5-1)21-19(22-16)13-9-11-14(12-10-13)20-23-17-7-3-4-8-18(17)24-20/h9-12,15-18H,1-8H2,(H,21,22)(H,23,24). The number of fused-ring (bicyclic) bond motifs is 2. The van der Waals surface area contributed by atoms with Crippen molar-refractivity contribution in [1.82, 2.24) is 10.6 Å². The summed E-state index contributed by atoms with van der Waals surface area (Å²) in [6.45, 7) is 0. The molecule has 0 amide bonds. The van der Waals surface area contributed by atoms with Gasteiger partial charge in [0.1, 0.15) is 11.7 Å². The molecule has 4 nitrogen and oxygen atoms in total. The minimum atomic E-state index is 0.498. The van der Waals surface area contributed by atoms with Crippen molar-refractivity contribution >= 4 is 11.7 Å². The maximum Gasteiger partial charge on any atom is 0.128 e. The van der Waals surface area contributed by atoms with Gasteiger partial charge >= 0.3 is 0 Å². The Labute approximate surface area is 143 Å². The van der Waals surface area contributed by atoms with Crippen molar-refractivity contribution in [2.45, 2.75) is 75.5 Å². The van der Waals surface area contributed by atoms with E-state index in [0.29, 0.717) is 24.2 Å². The Bertz CT molecular complexity index is 616. The zero-order chi connectivity index (χ0) is 15.9. The fourth-order valence-corrected chi connectivity index (χ4v) is 4.73. The highest BCUT2D eigenvalue weighted by atomic mass is 15.1. The van der Waals surface area contributed by atoms with E-state index in [1.807, 2.05) is 0 Å². The molecule has 4 atom stereocenters. The molecule has 2 N–H and O–H groups in total. The predicted octanol–water partition coefficient (Wildman–Crippen LogP) is 3.01. The Morgan fingerprint density at radius 2 is 1.04 bits per heavy atom. The molecular formula is C20H26N4. The SMILES string of the molecule is c1cc(C2=NC3CCCCC3N2)ccc1C1=NC2CCCCC2N1. The normalized spacial score (nSPS) is 34.5. The maximum atomic E-state index is 4.93. The van der Waals surface area contributed by atoms with Crippen LogP contribution in [0.4, 0.5) is 0 Å². The molecule has 5 rings (SSSR count). The second kappa shape index (κ2) is 5.91. The van der Waals surface area contributed by atoms with Crippen molar-refractivity contribution < 1.29 is 0 Å². The lowest BCUT2D eigenvalue weighted by atomic mass is 9.92. The van der Waals surface area contributed by atoms with Gasteiger partial charge in [-0.2, -0.15) is 0 Å². The first-order valence-electron chi connectivity index (χ1n) is 9.66. The molecule has 0 spiro atoms. The molecule has 2 saturated carbocycles. The van der Waals surface area contributed by atoms with Gasteiger partial charge in [-0.1, -0.05) is 49.9 Å². The topological polar surface area (TPSA) is 48.8 Å². The number of nitrogens with zero attached hydrogens (tertiary/aromatic N) is 2. The zero-order valence-electron chi connectivity index (χ0n) is 14.2. The molecule has 4 aliphatic rings. The molecule has 0 saturated heterocycles. The van der Waals surface area contributed by atoms with Gasteiger partial charge in [-0.25, -0.2) is 0 Å². The van der Waals surface area contributed by atoms with Crippen molar-refractivity contribution in [3.63, 3.8) is 0 Å². The van der Waals surface area contributed by atoms with E-state index in [1.54, 1.807) is 0 Å². The van der Waals surface area contributed by atoms with E-state index in [4.69, 9.17) is 9.98 Å². The molecule has 4 heteroatoms. The second-order valence-electron chi connectivity index (χ2n) is 7.74. The first-order valence-corrected chi connectivity index (χ1v) is 9.66. The van der Waals surface area contributed by atoms with E-state index in [0.717, 1.165) is 11.7 Å². The van der Waals surface area contributed by atoms with Crippen LogP contribution in [0, 0.1) is 0 Å². The largest absolute Gasteiger partial charge is 0.365 e. The molecule has 2 heterocycles.